The summed E-state index contributed by atoms with van der Waals surface area (Å²) in [5.41, 5.74) is 8.05. The quantitative estimate of drug-likeness (QED) is 0.664. The number of carbonyl (C=O) groups excluding carboxylic acids is 1. The van der Waals surface area contributed by atoms with Crippen LogP contribution in [0.15, 0.2) is 18.2 Å². The molecule has 0 bridgehead atoms. The number of nitrogen functional groups attached to an aromatic ring is 1. The smallest absolute Gasteiger partial charge is 0.319 e. The molecule has 4 nitrogen and oxygen atoms in total. The SMILES string of the molecule is CCCNC(=O)Nc1cccc(N)c1C. The summed E-state index contributed by atoms with van der Waals surface area (Å²) in [4.78, 5) is 11.4. The van der Waals surface area contributed by atoms with Crippen molar-refractivity contribution < 1.29 is 4.79 Å². The van der Waals surface area contributed by atoms with Crippen molar-refractivity contribution in [2.45, 2.75) is 20.3 Å². The molecular formula is C11H17N3O. The van der Waals surface area contributed by atoms with E-state index in [4.69, 9.17) is 5.73 Å². The number of nitrogens with one attached hydrogen (secondary N) is 2. The van der Waals surface area contributed by atoms with Crippen LogP contribution in [0.1, 0.15) is 18.9 Å². The molecule has 1 aromatic rings. The highest BCUT2D eigenvalue weighted by molar-refractivity contribution is 5.90. The van der Waals surface area contributed by atoms with E-state index in [0.717, 1.165) is 17.7 Å². The number of nitrogens with two attached hydrogens (primary N) is 1. The fourth-order valence-corrected chi connectivity index (χ4v) is 1.19. The molecule has 0 aliphatic heterocycles. The van der Waals surface area contributed by atoms with Crippen molar-refractivity contribution in [2.75, 3.05) is 17.6 Å². The van der Waals surface area contributed by atoms with Gasteiger partial charge in [0.25, 0.3) is 0 Å². The molecule has 82 valence electrons. The number of rotatable bonds is 3. The van der Waals surface area contributed by atoms with Gasteiger partial charge in [-0.2, -0.15) is 0 Å². The van der Waals surface area contributed by atoms with Crippen LogP contribution in [-0.2, 0) is 0 Å². The van der Waals surface area contributed by atoms with E-state index in [1.165, 1.54) is 0 Å². The van der Waals surface area contributed by atoms with Crippen molar-refractivity contribution >= 4 is 17.4 Å². The van der Waals surface area contributed by atoms with Crippen LogP contribution >= 0.6 is 0 Å². The largest absolute Gasteiger partial charge is 0.398 e. The molecule has 0 unspecified atom stereocenters. The molecule has 0 fully saturated rings. The molecule has 0 aliphatic rings. The molecular weight excluding hydrogens is 190 g/mol. The average Bonchev–Trinajstić information content (AvgIpc) is 2.22. The van der Waals surface area contributed by atoms with Crippen LogP contribution < -0.4 is 16.4 Å². The predicted molar refractivity (Wildman–Crippen MR) is 62.9 cm³/mol. The summed E-state index contributed by atoms with van der Waals surface area (Å²) in [5, 5.41) is 5.49. The number of urea groups is 1. The number of hydrogen-bond donors (Lipinski definition) is 3. The second-order valence-electron chi connectivity index (χ2n) is 3.40. The van der Waals surface area contributed by atoms with Crippen molar-refractivity contribution in [1.82, 2.24) is 5.32 Å². The van der Waals surface area contributed by atoms with Gasteiger partial charge >= 0.3 is 6.03 Å². The molecule has 4 heteroatoms. The highest BCUT2D eigenvalue weighted by Crippen LogP contribution is 2.19. The standard InChI is InChI=1S/C11H17N3O/c1-3-7-13-11(15)14-10-6-4-5-9(12)8(10)2/h4-6H,3,7,12H2,1-2H3,(H2,13,14,15). The molecule has 0 radical (unpaired) electrons. The maximum atomic E-state index is 11.4. The Kier molecular flexibility index (Phi) is 3.97. The first-order chi connectivity index (χ1) is 7.15. The van der Waals surface area contributed by atoms with E-state index >= 15 is 0 Å². The van der Waals surface area contributed by atoms with E-state index in [-0.39, 0.29) is 6.03 Å². The van der Waals surface area contributed by atoms with Gasteiger partial charge in [0.2, 0.25) is 0 Å². The van der Waals surface area contributed by atoms with Gasteiger partial charge in [0.15, 0.2) is 0 Å². The number of carbonyl (C=O) groups is 1. The zero-order valence-corrected chi connectivity index (χ0v) is 9.13. The molecule has 0 atom stereocenters. The Labute approximate surface area is 89.9 Å². The van der Waals surface area contributed by atoms with Crippen molar-refractivity contribution in [2.24, 2.45) is 0 Å². The topological polar surface area (TPSA) is 67.2 Å². The van der Waals surface area contributed by atoms with Crippen LogP contribution in [0, 0.1) is 6.92 Å². The van der Waals surface area contributed by atoms with Crippen LogP contribution in [0.2, 0.25) is 0 Å². The Hall–Kier alpha value is -1.71. The maximum Gasteiger partial charge on any atom is 0.319 e. The zero-order chi connectivity index (χ0) is 11.3. The van der Waals surface area contributed by atoms with Crippen LogP contribution in [0.5, 0.6) is 0 Å². The number of anilines is 2. The lowest BCUT2D eigenvalue weighted by Crippen LogP contribution is -2.29. The predicted octanol–water partition coefficient (Wildman–Crippen LogP) is 2.11. The van der Waals surface area contributed by atoms with Crippen LogP contribution in [0.4, 0.5) is 16.2 Å². The van der Waals surface area contributed by atoms with Crippen LogP contribution in [-0.4, -0.2) is 12.6 Å². The van der Waals surface area contributed by atoms with E-state index < -0.39 is 0 Å². The fraction of sp³-hybridized carbons (Fsp3) is 0.364. The van der Waals surface area contributed by atoms with Crippen molar-refractivity contribution in [1.29, 1.82) is 0 Å². The Morgan fingerprint density at radius 1 is 1.47 bits per heavy atom. The lowest BCUT2D eigenvalue weighted by molar-refractivity contribution is 0.252. The summed E-state index contributed by atoms with van der Waals surface area (Å²) in [5.74, 6) is 0. The Balaban J connectivity index is 2.64. The van der Waals surface area contributed by atoms with E-state index in [1.54, 1.807) is 0 Å². The number of amides is 2. The van der Waals surface area contributed by atoms with E-state index in [9.17, 15) is 4.79 Å². The molecule has 0 heterocycles. The highest BCUT2D eigenvalue weighted by atomic mass is 16.2. The molecule has 2 amide bonds. The maximum absolute atomic E-state index is 11.4. The number of benzene rings is 1. The second-order valence-corrected chi connectivity index (χ2v) is 3.40. The van der Waals surface area contributed by atoms with Crippen molar-refractivity contribution in [3.8, 4) is 0 Å². The fourth-order valence-electron chi connectivity index (χ4n) is 1.19. The monoisotopic (exact) mass is 207 g/mol. The lowest BCUT2D eigenvalue weighted by Gasteiger charge is -2.10. The lowest BCUT2D eigenvalue weighted by atomic mass is 10.1. The van der Waals surface area contributed by atoms with Gasteiger partial charge in [-0.25, -0.2) is 4.79 Å². The van der Waals surface area contributed by atoms with Gasteiger partial charge in [-0.3, -0.25) is 0 Å². The molecule has 0 spiro atoms. The zero-order valence-electron chi connectivity index (χ0n) is 9.13. The van der Waals surface area contributed by atoms with Gasteiger partial charge in [-0.15, -0.1) is 0 Å². The molecule has 4 N–H and O–H groups in total. The van der Waals surface area contributed by atoms with E-state index in [2.05, 4.69) is 10.6 Å². The van der Waals surface area contributed by atoms with Crippen molar-refractivity contribution in [3.63, 3.8) is 0 Å². The Bertz CT molecular complexity index is 350. The summed E-state index contributed by atoms with van der Waals surface area (Å²) >= 11 is 0. The van der Waals surface area contributed by atoms with E-state index in [0.29, 0.717) is 12.2 Å². The minimum absolute atomic E-state index is 0.189. The molecule has 0 saturated heterocycles. The first-order valence-corrected chi connectivity index (χ1v) is 5.05. The minimum atomic E-state index is -0.189. The number of hydrogen-bond acceptors (Lipinski definition) is 2. The summed E-state index contributed by atoms with van der Waals surface area (Å²) in [6, 6.07) is 5.27. The van der Waals surface area contributed by atoms with Crippen LogP contribution in [0.25, 0.3) is 0 Å². The molecule has 1 aromatic carbocycles. The normalized spacial score (nSPS) is 9.73. The minimum Gasteiger partial charge on any atom is -0.398 e. The van der Waals surface area contributed by atoms with Crippen LogP contribution in [0.3, 0.4) is 0 Å². The first-order valence-electron chi connectivity index (χ1n) is 5.05. The summed E-state index contributed by atoms with van der Waals surface area (Å²) in [6.07, 6.45) is 0.920. The molecule has 1 rings (SSSR count). The van der Waals surface area contributed by atoms with E-state index in [1.807, 2.05) is 32.0 Å². The van der Waals surface area contributed by atoms with Gasteiger partial charge in [-0.1, -0.05) is 13.0 Å². The molecule has 15 heavy (non-hydrogen) atoms. The molecule has 0 aliphatic carbocycles. The Morgan fingerprint density at radius 2 is 2.20 bits per heavy atom. The van der Waals surface area contributed by atoms with Gasteiger partial charge in [0.1, 0.15) is 0 Å². The van der Waals surface area contributed by atoms with Gasteiger partial charge in [0, 0.05) is 17.9 Å². The van der Waals surface area contributed by atoms with Gasteiger partial charge in [-0.05, 0) is 31.0 Å². The summed E-state index contributed by atoms with van der Waals surface area (Å²) in [7, 11) is 0. The third-order valence-corrected chi connectivity index (χ3v) is 2.16. The summed E-state index contributed by atoms with van der Waals surface area (Å²) < 4.78 is 0. The van der Waals surface area contributed by atoms with Crippen molar-refractivity contribution in [3.05, 3.63) is 23.8 Å². The third kappa shape index (κ3) is 3.16. The Morgan fingerprint density at radius 3 is 2.87 bits per heavy atom. The highest BCUT2D eigenvalue weighted by Gasteiger charge is 2.04. The average molecular weight is 207 g/mol. The van der Waals surface area contributed by atoms with Gasteiger partial charge < -0.3 is 16.4 Å². The third-order valence-electron chi connectivity index (χ3n) is 2.16. The first kappa shape index (κ1) is 11.4. The molecule has 0 aromatic heterocycles. The summed E-state index contributed by atoms with van der Waals surface area (Å²) in [6.45, 7) is 4.56. The molecule has 0 saturated carbocycles. The van der Waals surface area contributed by atoms with Gasteiger partial charge in [0.05, 0.1) is 0 Å². The second kappa shape index (κ2) is 5.24.